The predicted molar refractivity (Wildman–Crippen MR) is 103 cm³/mol. The van der Waals surface area contributed by atoms with Crippen LogP contribution in [-0.4, -0.2) is 36.7 Å². The van der Waals surface area contributed by atoms with Gasteiger partial charge >= 0.3 is 0 Å². The van der Waals surface area contributed by atoms with Gasteiger partial charge in [-0.15, -0.1) is 0 Å². The van der Waals surface area contributed by atoms with E-state index in [-0.39, 0.29) is 5.75 Å². The number of amidine groups is 1. The van der Waals surface area contributed by atoms with E-state index in [4.69, 9.17) is 13.9 Å². The molecule has 0 aliphatic carbocycles. The van der Waals surface area contributed by atoms with E-state index in [0.717, 1.165) is 31.0 Å². The molecule has 0 aromatic heterocycles. The van der Waals surface area contributed by atoms with Gasteiger partial charge in [-0.2, -0.15) is 0 Å². The van der Waals surface area contributed by atoms with Gasteiger partial charge in [-0.1, -0.05) is 12.1 Å². The van der Waals surface area contributed by atoms with Gasteiger partial charge in [-0.25, -0.2) is 8.79 Å². The first-order valence-electron chi connectivity index (χ1n) is 8.81. The fraction of sp³-hybridized carbons (Fsp3) is 0.350. The number of methoxy groups -OCH3 is 1. The number of hydrogen-bond acceptors (Lipinski definition) is 5. The van der Waals surface area contributed by atoms with Gasteiger partial charge in [-0.3, -0.25) is 0 Å². The summed E-state index contributed by atoms with van der Waals surface area (Å²) in [5, 5.41) is 0. The van der Waals surface area contributed by atoms with Crippen molar-refractivity contribution < 1.29 is 13.9 Å². The molecular weight excluding hydrogens is 351 g/mol. The molecule has 0 saturated carbocycles. The van der Waals surface area contributed by atoms with Crippen LogP contribution in [0.25, 0.3) is 0 Å². The van der Waals surface area contributed by atoms with Crippen molar-refractivity contribution >= 4 is 17.8 Å². The first-order chi connectivity index (χ1) is 12.7. The summed E-state index contributed by atoms with van der Waals surface area (Å²) < 4.78 is 29.0. The number of benzene rings is 2. The molecule has 4 nitrogen and oxygen atoms in total. The van der Waals surface area contributed by atoms with Crippen molar-refractivity contribution in [1.82, 2.24) is 4.90 Å². The number of piperidine rings is 1. The molecule has 2 aromatic rings. The second-order valence-corrected chi connectivity index (χ2v) is 7.28. The topological polar surface area (TPSA) is 34.1 Å². The molecule has 0 N–H and O–H groups in total. The molecule has 0 bridgehead atoms. The van der Waals surface area contributed by atoms with Crippen LogP contribution in [0.15, 0.2) is 46.9 Å². The van der Waals surface area contributed by atoms with Gasteiger partial charge in [0.1, 0.15) is 17.3 Å². The van der Waals surface area contributed by atoms with Crippen molar-refractivity contribution in [3.05, 3.63) is 53.8 Å². The van der Waals surface area contributed by atoms with Gasteiger partial charge in [-0.05, 0) is 54.6 Å². The summed E-state index contributed by atoms with van der Waals surface area (Å²) >= 11 is 1.67. The fourth-order valence-electron chi connectivity index (χ4n) is 3.48. The molecule has 2 heterocycles. The molecule has 136 valence electrons. The van der Waals surface area contributed by atoms with E-state index in [1.165, 1.54) is 31.0 Å². The van der Waals surface area contributed by atoms with Crippen molar-refractivity contribution in [2.75, 3.05) is 26.0 Å². The number of nitrogens with zero attached hydrogens (tertiary/aromatic N) is 2. The highest BCUT2D eigenvalue weighted by molar-refractivity contribution is 7.98. The van der Waals surface area contributed by atoms with Crippen LogP contribution in [0, 0.1) is 5.82 Å². The zero-order valence-electron chi connectivity index (χ0n) is 14.7. The highest BCUT2D eigenvalue weighted by Crippen LogP contribution is 2.34. The van der Waals surface area contributed by atoms with Crippen LogP contribution < -0.4 is 9.47 Å². The minimum Gasteiger partial charge on any atom is -0.494 e. The molecule has 6 heteroatoms. The second-order valence-electron chi connectivity index (χ2n) is 6.43. The standard InChI is InChI=1S/C20H21FN2O2S/c1-24-19-13-16(8-9-18(19)21)25-15-6-4-14(5-7-15)17-3-2-10-23-11-12-26-22-20(17)23/h4-9,13,17H,2-3,10-12H2,1H3. The van der Waals surface area contributed by atoms with Crippen molar-refractivity contribution in [1.29, 1.82) is 0 Å². The number of hydrogen-bond donors (Lipinski definition) is 0. The summed E-state index contributed by atoms with van der Waals surface area (Å²) in [5.74, 6) is 3.69. The Hall–Kier alpha value is -2.21. The Morgan fingerprint density at radius 1 is 1.12 bits per heavy atom. The third-order valence-corrected chi connectivity index (χ3v) is 5.49. The maximum absolute atomic E-state index is 13.5. The largest absolute Gasteiger partial charge is 0.494 e. The Kier molecular flexibility index (Phi) is 5.02. The lowest BCUT2D eigenvalue weighted by molar-refractivity contribution is 0.371. The van der Waals surface area contributed by atoms with Crippen LogP contribution in [0.3, 0.4) is 0 Å². The lowest BCUT2D eigenvalue weighted by Crippen LogP contribution is -2.42. The Labute approximate surface area is 157 Å². The average Bonchev–Trinajstić information content (AvgIpc) is 2.69. The summed E-state index contributed by atoms with van der Waals surface area (Å²) in [7, 11) is 1.44. The van der Waals surface area contributed by atoms with Crippen LogP contribution in [0.4, 0.5) is 4.39 Å². The van der Waals surface area contributed by atoms with Gasteiger partial charge in [0.25, 0.3) is 0 Å². The summed E-state index contributed by atoms with van der Waals surface area (Å²) in [6, 6.07) is 12.6. The number of rotatable bonds is 4. The SMILES string of the molecule is COc1cc(Oc2ccc(C3CCCN4CCSN=C34)cc2)ccc1F. The minimum absolute atomic E-state index is 0.175. The Morgan fingerprint density at radius 3 is 2.73 bits per heavy atom. The molecule has 26 heavy (non-hydrogen) atoms. The average molecular weight is 372 g/mol. The van der Waals surface area contributed by atoms with Crippen LogP contribution in [0.2, 0.25) is 0 Å². The molecule has 1 fully saturated rings. The van der Waals surface area contributed by atoms with Gasteiger partial charge in [0.05, 0.1) is 7.11 Å². The normalized spacial score (nSPS) is 19.5. The van der Waals surface area contributed by atoms with Crippen molar-refractivity contribution in [3.63, 3.8) is 0 Å². The maximum Gasteiger partial charge on any atom is 0.165 e. The third-order valence-electron chi connectivity index (χ3n) is 4.81. The van der Waals surface area contributed by atoms with Crippen molar-refractivity contribution in [2.24, 2.45) is 4.40 Å². The third kappa shape index (κ3) is 3.51. The summed E-state index contributed by atoms with van der Waals surface area (Å²) in [5.41, 5.74) is 1.26. The summed E-state index contributed by atoms with van der Waals surface area (Å²) in [6.45, 7) is 2.21. The minimum atomic E-state index is -0.400. The quantitative estimate of drug-likeness (QED) is 0.718. The summed E-state index contributed by atoms with van der Waals surface area (Å²) in [6.07, 6.45) is 2.33. The molecule has 2 aromatic carbocycles. The van der Waals surface area contributed by atoms with Gasteiger partial charge < -0.3 is 14.4 Å². The summed E-state index contributed by atoms with van der Waals surface area (Å²) in [4.78, 5) is 2.42. The molecule has 4 rings (SSSR count). The van der Waals surface area contributed by atoms with Crippen molar-refractivity contribution in [3.8, 4) is 17.2 Å². The highest BCUT2D eigenvalue weighted by Gasteiger charge is 2.29. The van der Waals surface area contributed by atoms with Gasteiger partial charge in [0.2, 0.25) is 0 Å². The molecule has 0 amide bonds. The molecular formula is C20H21FN2O2S. The molecule has 1 atom stereocenters. The number of halogens is 1. The monoisotopic (exact) mass is 372 g/mol. The molecule has 1 unspecified atom stereocenters. The van der Waals surface area contributed by atoms with Gasteiger partial charge in [0.15, 0.2) is 11.6 Å². The first-order valence-corrected chi connectivity index (χ1v) is 9.75. The van der Waals surface area contributed by atoms with E-state index in [2.05, 4.69) is 17.0 Å². The van der Waals surface area contributed by atoms with E-state index in [0.29, 0.717) is 11.7 Å². The van der Waals surface area contributed by atoms with E-state index in [1.807, 2.05) is 12.1 Å². The highest BCUT2D eigenvalue weighted by atomic mass is 32.2. The Balaban J connectivity index is 1.51. The molecule has 0 spiro atoms. The molecule has 2 aliphatic rings. The number of fused-ring (bicyclic) bond motifs is 1. The lowest BCUT2D eigenvalue weighted by atomic mass is 9.89. The smallest absolute Gasteiger partial charge is 0.165 e. The second kappa shape index (κ2) is 7.58. The van der Waals surface area contributed by atoms with Crippen LogP contribution in [0.5, 0.6) is 17.2 Å². The fourth-order valence-corrected chi connectivity index (χ4v) is 4.25. The molecule has 0 radical (unpaired) electrons. The maximum atomic E-state index is 13.5. The first kappa shape index (κ1) is 17.2. The van der Waals surface area contributed by atoms with E-state index in [9.17, 15) is 4.39 Å². The van der Waals surface area contributed by atoms with E-state index in [1.54, 1.807) is 24.1 Å². The van der Waals surface area contributed by atoms with Crippen LogP contribution >= 0.6 is 11.9 Å². The Bertz CT molecular complexity index is 810. The van der Waals surface area contributed by atoms with E-state index >= 15 is 0 Å². The molecule has 2 aliphatic heterocycles. The lowest BCUT2D eigenvalue weighted by Gasteiger charge is -2.37. The predicted octanol–water partition coefficient (Wildman–Crippen LogP) is 4.87. The van der Waals surface area contributed by atoms with Crippen molar-refractivity contribution in [2.45, 2.75) is 18.8 Å². The number of ether oxygens (including phenoxy) is 2. The van der Waals surface area contributed by atoms with Crippen LogP contribution in [0.1, 0.15) is 24.3 Å². The van der Waals surface area contributed by atoms with E-state index < -0.39 is 5.82 Å². The van der Waals surface area contributed by atoms with Crippen LogP contribution in [-0.2, 0) is 0 Å². The Morgan fingerprint density at radius 2 is 1.92 bits per heavy atom. The molecule has 1 saturated heterocycles. The van der Waals surface area contributed by atoms with Gasteiger partial charge in [0, 0.05) is 30.8 Å². The zero-order chi connectivity index (χ0) is 17.9. The zero-order valence-corrected chi connectivity index (χ0v) is 15.5.